The fraction of sp³-hybridized carbons (Fsp3) is 0.500. The van der Waals surface area contributed by atoms with Crippen molar-refractivity contribution in [3.05, 3.63) is 29.8 Å². The maximum Gasteiger partial charge on any atom is 0.244 e. The molecule has 0 aliphatic heterocycles. The maximum atomic E-state index is 11.6. The lowest BCUT2D eigenvalue weighted by atomic mass is 10.1. The van der Waals surface area contributed by atoms with Crippen LogP contribution in [-0.4, -0.2) is 31.7 Å². The third-order valence-electron chi connectivity index (χ3n) is 3.20. The van der Waals surface area contributed by atoms with E-state index in [0.717, 1.165) is 18.7 Å². The Labute approximate surface area is 138 Å². The first-order valence-corrected chi connectivity index (χ1v) is 8.16. The van der Waals surface area contributed by atoms with E-state index in [1.165, 1.54) is 23.3 Å². The average molecular weight is 323 g/mol. The first-order valence-electron chi connectivity index (χ1n) is 7.75. The average Bonchev–Trinajstić information content (AvgIpc) is 2.50. The van der Waals surface area contributed by atoms with Gasteiger partial charge in [-0.2, -0.15) is 0 Å². The first-order chi connectivity index (χ1) is 10.5. The Hall–Kier alpha value is -1.66. The Morgan fingerprint density at radius 1 is 1.18 bits per heavy atom. The first kappa shape index (κ1) is 18.4. The Balaban J connectivity index is 2.31. The molecule has 4 N–H and O–H groups in total. The van der Waals surface area contributed by atoms with Gasteiger partial charge in [0.15, 0.2) is 5.11 Å². The van der Waals surface area contributed by atoms with E-state index in [9.17, 15) is 4.79 Å². The Morgan fingerprint density at radius 3 is 2.45 bits per heavy atom. The molecule has 0 aliphatic rings. The number of benzene rings is 1. The number of nitrogens with one attached hydrogen (secondary N) is 4. The van der Waals surface area contributed by atoms with E-state index < -0.39 is 0 Å². The summed E-state index contributed by atoms with van der Waals surface area (Å²) in [7, 11) is 4.02. The topological polar surface area (TPSA) is 57.6 Å². The van der Waals surface area contributed by atoms with Gasteiger partial charge in [-0.15, -0.1) is 0 Å². The number of amides is 1. The van der Waals surface area contributed by atoms with Crippen molar-refractivity contribution in [2.75, 3.05) is 26.0 Å². The molecule has 0 radical (unpaired) electrons. The minimum Gasteiger partial charge on any atom is -0.339 e. The quantitative estimate of drug-likeness (QED) is 0.444. The number of aryl methyl sites for hydroxylation is 1. The molecule has 0 bridgehead atoms. The van der Waals surface area contributed by atoms with Crippen LogP contribution in [0.25, 0.3) is 0 Å². The van der Waals surface area contributed by atoms with Gasteiger partial charge in [0.1, 0.15) is 0 Å². The summed E-state index contributed by atoms with van der Waals surface area (Å²) in [5.41, 5.74) is 7.54. The predicted octanol–water partition coefficient (Wildman–Crippen LogP) is 0.881. The standard InChI is InChI=1S/C16H26N4OS/c1-4-5-6-13-7-9-14(10-8-13)17-16(22)19-18-15(21)11-12-20(2)3/h7-10H,4-6,11-12H2,1-3H3,(H,18,21)(H2,17,19,22)/p+1. The molecule has 0 atom stereocenters. The van der Waals surface area contributed by atoms with Crippen molar-refractivity contribution in [1.82, 2.24) is 10.9 Å². The molecule has 5 nitrogen and oxygen atoms in total. The van der Waals surface area contributed by atoms with Gasteiger partial charge in [0.05, 0.1) is 27.1 Å². The molecule has 1 aromatic rings. The summed E-state index contributed by atoms with van der Waals surface area (Å²) in [6.07, 6.45) is 3.96. The molecule has 22 heavy (non-hydrogen) atoms. The minimum atomic E-state index is -0.0692. The summed E-state index contributed by atoms with van der Waals surface area (Å²) in [5.74, 6) is -0.0692. The fourth-order valence-corrected chi connectivity index (χ4v) is 2.02. The lowest BCUT2D eigenvalue weighted by Gasteiger charge is -2.12. The van der Waals surface area contributed by atoms with E-state index in [0.29, 0.717) is 11.5 Å². The van der Waals surface area contributed by atoms with E-state index in [1.807, 2.05) is 26.2 Å². The molecular weight excluding hydrogens is 296 g/mol. The predicted molar refractivity (Wildman–Crippen MR) is 94.8 cm³/mol. The summed E-state index contributed by atoms with van der Waals surface area (Å²) in [6.45, 7) is 2.97. The molecule has 0 spiro atoms. The van der Waals surface area contributed by atoms with Crippen molar-refractivity contribution < 1.29 is 9.69 Å². The van der Waals surface area contributed by atoms with Gasteiger partial charge in [0, 0.05) is 5.69 Å². The van der Waals surface area contributed by atoms with Gasteiger partial charge >= 0.3 is 0 Å². The minimum absolute atomic E-state index is 0.0692. The molecule has 0 heterocycles. The van der Waals surface area contributed by atoms with Crippen LogP contribution in [0.2, 0.25) is 0 Å². The van der Waals surface area contributed by atoms with Crippen LogP contribution in [0, 0.1) is 0 Å². The second-order valence-electron chi connectivity index (χ2n) is 5.63. The molecule has 6 heteroatoms. The molecule has 0 aromatic heterocycles. The molecule has 0 saturated heterocycles. The van der Waals surface area contributed by atoms with Crippen LogP contribution in [0.15, 0.2) is 24.3 Å². The number of hydrogen-bond acceptors (Lipinski definition) is 2. The lowest BCUT2D eigenvalue weighted by molar-refractivity contribution is -0.857. The monoisotopic (exact) mass is 323 g/mol. The van der Waals surface area contributed by atoms with Crippen LogP contribution in [0.1, 0.15) is 31.7 Å². The van der Waals surface area contributed by atoms with Crippen molar-refractivity contribution in [2.45, 2.75) is 32.6 Å². The van der Waals surface area contributed by atoms with E-state index >= 15 is 0 Å². The number of carbonyl (C=O) groups excluding carboxylic acids is 1. The fourth-order valence-electron chi connectivity index (χ4n) is 1.85. The highest BCUT2D eigenvalue weighted by Crippen LogP contribution is 2.11. The lowest BCUT2D eigenvalue weighted by Crippen LogP contribution is -3.05. The highest BCUT2D eigenvalue weighted by atomic mass is 32.1. The Kier molecular flexibility index (Phi) is 8.47. The normalized spacial score (nSPS) is 10.4. The van der Waals surface area contributed by atoms with E-state index in [4.69, 9.17) is 12.2 Å². The number of thiocarbonyl (C=S) groups is 1. The number of rotatable bonds is 7. The number of hydrogen-bond donors (Lipinski definition) is 4. The maximum absolute atomic E-state index is 11.6. The summed E-state index contributed by atoms with van der Waals surface area (Å²) < 4.78 is 0. The zero-order valence-corrected chi connectivity index (χ0v) is 14.5. The molecule has 0 aliphatic carbocycles. The molecule has 1 aromatic carbocycles. The smallest absolute Gasteiger partial charge is 0.244 e. The molecular formula is C16H27N4OS+. The van der Waals surface area contributed by atoms with Crippen LogP contribution >= 0.6 is 12.2 Å². The van der Waals surface area contributed by atoms with Gasteiger partial charge in [-0.05, 0) is 42.8 Å². The highest BCUT2D eigenvalue weighted by Gasteiger charge is 2.04. The van der Waals surface area contributed by atoms with Crippen LogP contribution in [0.5, 0.6) is 0 Å². The second-order valence-corrected chi connectivity index (χ2v) is 6.04. The van der Waals surface area contributed by atoms with Gasteiger partial charge < -0.3 is 10.2 Å². The van der Waals surface area contributed by atoms with Crippen molar-refractivity contribution in [3.8, 4) is 0 Å². The highest BCUT2D eigenvalue weighted by molar-refractivity contribution is 7.80. The van der Waals surface area contributed by atoms with Gasteiger partial charge in [0.25, 0.3) is 0 Å². The van der Waals surface area contributed by atoms with E-state index in [2.05, 4.69) is 35.2 Å². The van der Waals surface area contributed by atoms with Gasteiger partial charge in [-0.3, -0.25) is 15.6 Å². The second kappa shape index (κ2) is 10.1. The summed E-state index contributed by atoms with van der Waals surface area (Å²) in [5, 5.41) is 3.43. The Morgan fingerprint density at radius 2 is 1.86 bits per heavy atom. The van der Waals surface area contributed by atoms with Crippen molar-refractivity contribution in [2.24, 2.45) is 0 Å². The molecule has 0 unspecified atom stereocenters. The largest absolute Gasteiger partial charge is 0.339 e. The zero-order valence-electron chi connectivity index (χ0n) is 13.7. The van der Waals surface area contributed by atoms with Crippen molar-refractivity contribution in [3.63, 3.8) is 0 Å². The Bertz CT molecular complexity index is 474. The van der Waals surface area contributed by atoms with Crippen LogP contribution in [-0.2, 0) is 11.2 Å². The van der Waals surface area contributed by atoms with Crippen molar-refractivity contribution in [1.29, 1.82) is 0 Å². The number of unbranched alkanes of at least 4 members (excludes halogenated alkanes) is 1. The molecule has 1 rings (SSSR count). The summed E-state index contributed by atoms with van der Waals surface area (Å²) >= 11 is 5.15. The summed E-state index contributed by atoms with van der Waals surface area (Å²) in [6, 6.07) is 8.19. The molecule has 122 valence electrons. The van der Waals surface area contributed by atoms with Crippen LogP contribution in [0.4, 0.5) is 5.69 Å². The summed E-state index contributed by atoms with van der Waals surface area (Å²) in [4.78, 5) is 12.8. The third kappa shape index (κ3) is 7.95. The zero-order chi connectivity index (χ0) is 16.4. The van der Waals surface area contributed by atoms with E-state index in [1.54, 1.807) is 0 Å². The number of anilines is 1. The van der Waals surface area contributed by atoms with Gasteiger partial charge in [-0.1, -0.05) is 25.5 Å². The third-order valence-corrected chi connectivity index (χ3v) is 3.40. The van der Waals surface area contributed by atoms with Gasteiger partial charge in [-0.25, -0.2) is 0 Å². The number of hydrazine groups is 1. The number of quaternary nitrogens is 1. The van der Waals surface area contributed by atoms with Crippen molar-refractivity contribution >= 4 is 28.9 Å². The van der Waals surface area contributed by atoms with Crippen LogP contribution in [0.3, 0.4) is 0 Å². The van der Waals surface area contributed by atoms with E-state index in [-0.39, 0.29) is 5.91 Å². The van der Waals surface area contributed by atoms with Gasteiger partial charge in [0.2, 0.25) is 5.91 Å². The molecule has 0 saturated carbocycles. The molecule has 1 amide bonds. The molecule has 0 fully saturated rings. The van der Waals surface area contributed by atoms with Crippen LogP contribution < -0.4 is 21.1 Å². The number of carbonyl (C=O) groups is 1. The SMILES string of the molecule is CCCCc1ccc(NC(=S)NNC(=O)CC[NH+](C)C)cc1.